The molecule has 0 unspecified atom stereocenters. The number of carbonyl (C=O) groups is 1. The van der Waals surface area contributed by atoms with Crippen molar-refractivity contribution in [3.8, 4) is 0 Å². The quantitative estimate of drug-likeness (QED) is 0.364. The van der Waals surface area contributed by atoms with Crippen LogP contribution < -0.4 is 14.9 Å². The molecular weight excluding hydrogens is 486 g/mol. The van der Waals surface area contributed by atoms with Crippen LogP contribution in [0.25, 0.3) is 11.0 Å². The van der Waals surface area contributed by atoms with Crippen molar-refractivity contribution in [3.63, 3.8) is 0 Å². The van der Waals surface area contributed by atoms with Crippen LogP contribution in [0.5, 0.6) is 0 Å². The molecule has 2 N–H and O–H groups in total. The van der Waals surface area contributed by atoms with Crippen molar-refractivity contribution in [3.05, 3.63) is 29.6 Å². The highest BCUT2D eigenvalue weighted by molar-refractivity contribution is 7.89. The third kappa shape index (κ3) is 6.79. The fourth-order valence-electron chi connectivity index (χ4n) is 3.05. The molecule has 0 aliphatic heterocycles. The van der Waals surface area contributed by atoms with E-state index in [1.165, 1.54) is 4.68 Å². The minimum absolute atomic E-state index is 0.0301. The van der Waals surface area contributed by atoms with Gasteiger partial charge in [0.25, 0.3) is 12.3 Å². The Bertz CT molecular complexity index is 1320. The zero-order valence-corrected chi connectivity index (χ0v) is 20.4. The van der Waals surface area contributed by atoms with Crippen LogP contribution in [0.2, 0.25) is 0 Å². The van der Waals surface area contributed by atoms with Crippen LogP contribution in [0, 0.1) is 6.92 Å². The van der Waals surface area contributed by atoms with Crippen molar-refractivity contribution in [2.24, 2.45) is 0 Å². The Labute approximate surface area is 200 Å². The van der Waals surface area contributed by atoms with Crippen LogP contribution >= 0.6 is 0 Å². The van der Waals surface area contributed by atoms with Crippen LogP contribution in [-0.4, -0.2) is 78.5 Å². The summed E-state index contributed by atoms with van der Waals surface area (Å²) in [6.07, 6.45) is -0.194. The Balaban J connectivity index is 2.17. The lowest BCUT2D eigenvalue weighted by Gasteiger charge is -2.17. The number of amides is 1. The lowest BCUT2D eigenvalue weighted by molar-refractivity contribution is 0.0143. The fraction of sp³-hybridized carbons (Fsp3) is 0.450. The van der Waals surface area contributed by atoms with Crippen LogP contribution in [0.1, 0.15) is 23.0 Å². The number of ether oxygens (including phenoxy) is 1. The van der Waals surface area contributed by atoms with E-state index in [4.69, 9.17) is 4.74 Å². The zero-order valence-electron chi connectivity index (χ0n) is 19.6. The molecule has 0 spiro atoms. The molecule has 0 atom stereocenters. The van der Waals surface area contributed by atoms with E-state index in [1.54, 1.807) is 24.2 Å². The number of anilines is 3. The van der Waals surface area contributed by atoms with Gasteiger partial charge in [0.05, 0.1) is 19.4 Å². The van der Waals surface area contributed by atoms with Crippen LogP contribution in [0.3, 0.4) is 0 Å². The molecule has 3 rings (SSSR count). The average Bonchev–Trinajstić information content (AvgIpc) is 3.14. The molecule has 15 heteroatoms. The van der Waals surface area contributed by atoms with E-state index < -0.39 is 29.0 Å². The van der Waals surface area contributed by atoms with E-state index >= 15 is 0 Å². The van der Waals surface area contributed by atoms with Crippen molar-refractivity contribution in [1.82, 2.24) is 29.5 Å². The molecule has 0 saturated carbocycles. The van der Waals surface area contributed by atoms with Gasteiger partial charge in [0, 0.05) is 19.8 Å². The summed E-state index contributed by atoms with van der Waals surface area (Å²) in [5, 5.41) is 7.32. The number of aromatic nitrogens is 5. The van der Waals surface area contributed by atoms with Crippen LogP contribution in [0.15, 0.2) is 18.3 Å². The Morgan fingerprint density at radius 3 is 2.69 bits per heavy atom. The summed E-state index contributed by atoms with van der Waals surface area (Å²) in [4.78, 5) is 27.8. The van der Waals surface area contributed by atoms with E-state index in [1.807, 2.05) is 24.6 Å². The Morgan fingerprint density at radius 2 is 2.06 bits per heavy atom. The summed E-state index contributed by atoms with van der Waals surface area (Å²) in [6, 6.07) is 3.59. The van der Waals surface area contributed by atoms with Gasteiger partial charge in [-0.25, -0.2) is 31.9 Å². The molecule has 190 valence electrons. The number of fused-ring (bicyclic) bond motifs is 1. The number of nitrogens with zero attached hydrogens (tertiary/aromatic N) is 6. The molecule has 0 aliphatic carbocycles. The maximum absolute atomic E-state index is 12.8. The minimum Gasteiger partial charge on any atom is -0.374 e. The van der Waals surface area contributed by atoms with Crippen LogP contribution in [-0.2, 0) is 21.3 Å². The van der Waals surface area contributed by atoms with Crippen molar-refractivity contribution in [2.75, 3.05) is 43.3 Å². The molecule has 0 radical (unpaired) electrons. The number of nitrogens with one attached hydrogen (secondary N) is 2. The van der Waals surface area contributed by atoms with Gasteiger partial charge >= 0.3 is 0 Å². The number of carbonyl (C=O) groups excluding carboxylic acids is 1. The molecule has 0 aromatic carbocycles. The summed E-state index contributed by atoms with van der Waals surface area (Å²) in [6.45, 7) is 3.36. The van der Waals surface area contributed by atoms with Crippen molar-refractivity contribution in [2.45, 2.75) is 26.8 Å². The summed E-state index contributed by atoms with van der Waals surface area (Å²) < 4.78 is 56.5. The topological polar surface area (TPSA) is 144 Å². The Hall–Kier alpha value is -3.46. The number of alkyl halides is 2. The van der Waals surface area contributed by atoms with Gasteiger partial charge in [-0.05, 0) is 31.5 Å². The Kier molecular flexibility index (Phi) is 8.11. The number of hydrogen-bond donors (Lipinski definition) is 2. The molecule has 0 saturated heterocycles. The number of aryl methyl sites for hydroxylation is 1. The summed E-state index contributed by atoms with van der Waals surface area (Å²) in [5.74, 6) is -0.0488. The SMILES string of the molecule is CCN(C)c1nc(Nc2cc(C)ccn2)c2c(n1)c(C(=O)NS(C)(=O)=O)nn2CCOCC(F)F. The summed E-state index contributed by atoms with van der Waals surface area (Å²) >= 11 is 0. The van der Waals surface area contributed by atoms with Crippen LogP contribution in [0.4, 0.5) is 26.4 Å². The first kappa shape index (κ1) is 26.2. The first-order valence-corrected chi connectivity index (χ1v) is 12.4. The second kappa shape index (κ2) is 10.9. The monoisotopic (exact) mass is 512 g/mol. The number of halogens is 2. The number of hydrogen-bond acceptors (Lipinski definition) is 10. The number of rotatable bonds is 11. The third-order valence-corrected chi connectivity index (χ3v) is 5.29. The van der Waals surface area contributed by atoms with E-state index in [0.717, 1.165) is 11.8 Å². The highest BCUT2D eigenvalue weighted by atomic mass is 32.2. The molecule has 3 aromatic heterocycles. The highest BCUT2D eigenvalue weighted by Gasteiger charge is 2.26. The maximum Gasteiger partial charge on any atom is 0.287 e. The lowest BCUT2D eigenvalue weighted by Crippen LogP contribution is -2.30. The fourth-order valence-corrected chi connectivity index (χ4v) is 3.48. The van der Waals surface area contributed by atoms with Gasteiger partial charge in [0.1, 0.15) is 23.5 Å². The normalized spacial score (nSPS) is 11.7. The van der Waals surface area contributed by atoms with Gasteiger partial charge in [-0.3, -0.25) is 9.48 Å². The first-order chi connectivity index (χ1) is 16.5. The second-order valence-electron chi connectivity index (χ2n) is 7.67. The molecule has 1 amide bonds. The smallest absolute Gasteiger partial charge is 0.287 e. The van der Waals surface area contributed by atoms with Gasteiger partial charge in [0.2, 0.25) is 16.0 Å². The van der Waals surface area contributed by atoms with Gasteiger partial charge < -0.3 is 15.0 Å². The highest BCUT2D eigenvalue weighted by Crippen LogP contribution is 2.28. The molecule has 35 heavy (non-hydrogen) atoms. The average molecular weight is 513 g/mol. The zero-order chi connectivity index (χ0) is 25.8. The molecule has 0 bridgehead atoms. The Morgan fingerprint density at radius 1 is 1.31 bits per heavy atom. The predicted octanol–water partition coefficient (Wildman–Crippen LogP) is 1.70. The second-order valence-corrected chi connectivity index (χ2v) is 9.42. The summed E-state index contributed by atoms with van der Waals surface area (Å²) in [7, 11) is -2.15. The molecule has 12 nitrogen and oxygen atoms in total. The van der Waals surface area contributed by atoms with Gasteiger partial charge in [0.15, 0.2) is 11.5 Å². The first-order valence-electron chi connectivity index (χ1n) is 10.6. The van der Waals surface area contributed by atoms with E-state index in [-0.39, 0.29) is 41.6 Å². The van der Waals surface area contributed by atoms with Crippen molar-refractivity contribution >= 4 is 44.5 Å². The molecule has 3 aromatic rings. The lowest BCUT2D eigenvalue weighted by atomic mass is 10.3. The number of pyridine rings is 1. The van der Waals surface area contributed by atoms with Gasteiger partial charge in [-0.2, -0.15) is 10.1 Å². The predicted molar refractivity (Wildman–Crippen MR) is 126 cm³/mol. The van der Waals surface area contributed by atoms with Gasteiger partial charge in [-0.15, -0.1) is 0 Å². The maximum atomic E-state index is 12.8. The van der Waals surface area contributed by atoms with Gasteiger partial charge in [-0.1, -0.05) is 0 Å². The molecule has 0 aliphatic rings. The van der Waals surface area contributed by atoms with Crippen molar-refractivity contribution < 1.29 is 26.7 Å². The third-order valence-electron chi connectivity index (χ3n) is 4.74. The van der Waals surface area contributed by atoms with E-state index in [2.05, 4.69) is 25.4 Å². The molecule has 0 fully saturated rings. The number of sulfonamides is 1. The molecular formula is C20H26F2N8O4S. The molecule has 3 heterocycles. The van der Waals surface area contributed by atoms with E-state index in [9.17, 15) is 22.0 Å². The van der Waals surface area contributed by atoms with E-state index in [0.29, 0.717) is 12.4 Å². The summed E-state index contributed by atoms with van der Waals surface area (Å²) in [5.41, 5.74) is 0.981. The largest absolute Gasteiger partial charge is 0.374 e. The van der Waals surface area contributed by atoms with Crippen molar-refractivity contribution in [1.29, 1.82) is 0 Å². The standard InChI is InChI=1S/C20H26F2N8O4S/c1-5-29(3)20-25-15-16(19(31)28-35(4,32)33)27-30(8-9-34-11-13(21)22)17(15)18(26-20)24-14-10-12(2)6-7-23-14/h6-7,10,13H,5,8-9,11H2,1-4H3,(H,28,31)(H,23,24,25,26). The minimum atomic E-state index is -3.89.